The van der Waals surface area contributed by atoms with Crippen LogP contribution in [0.15, 0.2) is 0 Å². The van der Waals surface area contributed by atoms with Gasteiger partial charge in [0.05, 0.1) is 5.92 Å². The zero-order chi connectivity index (χ0) is 17.5. The fourth-order valence-electron chi connectivity index (χ4n) is 4.37. The van der Waals surface area contributed by atoms with Crippen molar-refractivity contribution < 1.29 is 9.90 Å². The lowest BCUT2D eigenvalue weighted by molar-refractivity contribution is -0.144. The van der Waals surface area contributed by atoms with E-state index in [1.54, 1.807) is 0 Å². The molecule has 3 fully saturated rings. The van der Waals surface area contributed by atoms with Crippen molar-refractivity contribution in [1.82, 2.24) is 0 Å². The number of carboxylic acid groups (broad SMARTS) is 1. The van der Waals surface area contributed by atoms with E-state index in [4.69, 9.17) is 5.11 Å². The molecule has 3 rings (SSSR count). The fourth-order valence-corrected chi connectivity index (χ4v) is 4.37. The molecule has 1 atom stereocenters. The predicted octanol–water partition coefficient (Wildman–Crippen LogP) is 7.36. The number of hydrogen-bond donors (Lipinski definition) is 1. The van der Waals surface area contributed by atoms with E-state index in [9.17, 15) is 4.79 Å². The smallest absolute Gasteiger partial charge is 0.306 e. The largest absolute Gasteiger partial charge is 0.481 e. The third kappa shape index (κ3) is 10.4. The van der Waals surface area contributed by atoms with Gasteiger partial charge < -0.3 is 5.11 Å². The Morgan fingerprint density at radius 2 is 1.00 bits per heavy atom. The lowest BCUT2D eigenvalue weighted by Crippen LogP contribution is -2.24. The molecule has 0 aromatic heterocycles. The molecule has 2 heteroatoms. The summed E-state index contributed by atoms with van der Waals surface area (Å²) in [6.45, 7) is 1.98. The van der Waals surface area contributed by atoms with Crippen LogP contribution in [0.5, 0.6) is 0 Å². The van der Waals surface area contributed by atoms with Crippen molar-refractivity contribution in [2.45, 2.75) is 122 Å². The Kier molecular flexibility index (Phi) is 13.3. The predicted molar refractivity (Wildman–Crippen MR) is 103 cm³/mol. The summed E-state index contributed by atoms with van der Waals surface area (Å²) in [7, 11) is 0. The summed E-state index contributed by atoms with van der Waals surface area (Å²) in [5, 5.41) is 8.93. The molecule has 0 saturated heterocycles. The lowest BCUT2D eigenvalue weighted by atomic mass is 9.79. The van der Waals surface area contributed by atoms with E-state index >= 15 is 0 Å². The van der Waals surface area contributed by atoms with Crippen LogP contribution < -0.4 is 0 Å². The van der Waals surface area contributed by atoms with E-state index in [0.29, 0.717) is 5.92 Å². The van der Waals surface area contributed by atoms with Crippen LogP contribution >= 0.6 is 0 Å². The summed E-state index contributed by atoms with van der Waals surface area (Å²) in [4.78, 5) is 10.8. The van der Waals surface area contributed by atoms with Gasteiger partial charge in [0.1, 0.15) is 0 Å². The Hall–Kier alpha value is -0.530. The molecule has 0 bridgehead atoms. The zero-order valence-corrected chi connectivity index (χ0v) is 16.2. The molecule has 0 spiro atoms. The molecule has 0 aromatic carbocycles. The summed E-state index contributed by atoms with van der Waals surface area (Å²) in [5.41, 5.74) is 0. The van der Waals surface area contributed by atoms with Crippen LogP contribution in [0.3, 0.4) is 0 Å². The Balaban J connectivity index is 0.000000200. The van der Waals surface area contributed by atoms with Crippen molar-refractivity contribution in [2.24, 2.45) is 11.8 Å². The maximum Gasteiger partial charge on any atom is 0.306 e. The van der Waals surface area contributed by atoms with E-state index in [0.717, 1.165) is 19.3 Å². The monoisotopic (exact) mass is 338 g/mol. The molecule has 0 aromatic rings. The average molecular weight is 339 g/mol. The lowest BCUT2D eigenvalue weighted by Gasteiger charge is -2.26. The van der Waals surface area contributed by atoms with Crippen molar-refractivity contribution in [3.8, 4) is 0 Å². The Labute approximate surface area is 150 Å². The SMILES string of the molecule is C1CCCCC1.C1CCCCC1.CCC(C(=O)O)C1CCCCC1. The molecule has 24 heavy (non-hydrogen) atoms. The van der Waals surface area contributed by atoms with Crippen molar-refractivity contribution in [2.75, 3.05) is 0 Å². The summed E-state index contributed by atoms with van der Waals surface area (Å²) in [6.07, 6.45) is 24.8. The van der Waals surface area contributed by atoms with Gasteiger partial charge in [-0.25, -0.2) is 0 Å². The summed E-state index contributed by atoms with van der Waals surface area (Å²) < 4.78 is 0. The molecule has 0 aliphatic heterocycles. The molecule has 0 heterocycles. The van der Waals surface area contributed by atoms with Gasteiger partial charge in [0.15, 0.2) is 0 Å². The second-order valence-electron chi connectivity index (χ2n) is 7.99. The van der Waals surface area contributed by atoms with Crippen molar-refractivity contribution in [1.29, 1.82) is 0 Å². The molecule has 3 saturated carbocycles. The van der Waals surface area contributed by atoms with Crippen molar-refractivity contribution >= 4 is 5.97 Å². The highest BCUT2D eigenvalue weighted by Gasteiger charge is 2.27. The molecule has 2 nitrogen and oxygen atoms in total. The minimum absolute atomic E-state index is 0.0784. The molecular weight excluding hydrogens is 296 g/mol. The Morgan fingerprint density at radius 1 is 0.708 bits per heavy atom. The quantitative estimate of drug-likeness (QED) is 0.583. The van der Waals surface area contributed by atoms with E-state index in [2.05, 4.69) is 0 Å². The topological polar surface area (TPSA) is 37.3 Å². The Bertz CT molecular complexity index is 251. The third-order valence-electron chi connectivity index (χ3n) is 5.98. The number of hydrogen-bond acceptors (Lipinski definition) is 1. The normalized spacial score (nSPS) is 23.0. The van der Waals surface area contributed by atoms with E-state index < -0.39 is 5.97 Å². The van der Waals surface area contributed by atoms with Crippen molar-refractivity contribution in [3.05, 3.63) is 0 Å². The molecule has 142 valence electrons. The first-order valence-corrected chi connectivity index (χ1v) is 11.0. The minimum atomic E-state index is -0.593. The standard InChI is InChI=1S/C10H18O2.2C6H12/c1-2-9(10(11)12)8-6-4-3-5-7-8;2*1-2-4-6-5-3-1/h8-9H,2-7H2,1H3,(H,11,12);2*1-6H2. The van der Waals surface area contributed by atoms with Gasteiger partial charge in [0, 0.05) is 0 Å². The van der Waals surface area contributed by atoms with Crippen LogP contribution in [0.4, 0.5) is 0 Å². The summed E-state index contributed by atoms with van der Waals surface area (Å²) >= 11 is 0. The van der Waals surface area contributed by atoms with Gasteiger partial charge in [0.2, 0.25) is 0 Å². The van der Waals surface area contributed by atoms with E-state index in [1.165, 1.54) is 96.3 Å². The van der Waals surface area contributed by atoms with Crippen LogP contribution in [0.25, 0.3) is 0 Å². The van der Waals surface area contributed by atoms with Gasteiger partial charge in [-0.3, -0.25) is 4.79 Å². The second kappa shape index (κ2) is 14.8. The molecule has 3 aliphatic rings. The molecule has 1 unspecified atom stereocenters. The molecular formula is C22H42O2. The highest BCUT2D eigenvalue weighted by Crippen LogP contribution is 2.31. The van der Waals surface area contributed by atoms with Gasteiger partial charge in [-0.15, -0.1) is 0 Å². The van der Waals surface area contributed by atoms with Crippen molar-refractivity contribution in [3.63, 3.8) is 0 Å². The van der Waals surface area contributed by atoms with Gasteiger partial charge >= 0.3 is 5.97 Å². The summed E-state index contributed by atoms with van der Waals surface area (Å²) in [6, 6.07) is 0. The highest BCUT2D eigenvalue weighted by molar-refractivity contribution is 5.70. The maximum absolute atomic E-state index is 10.8. The second-order valence-corrected chi connectivity index (χ2v) is 7.99. The maximum atomic E-state index is 10.8. The average Bonchev–Trinajstić information content (AvgIpc) is 2.67. The van der Waals surface area contributed by atoms with Gasteiger partial charge in [0.25, 0.3) is 0 Å². The van der Waals surface area contributed by atoms with Gasteiger partial charge in [-0.05, 0) is 25.2 Å². The minimum Gasteiger partial charge on any atom is -0.481 e. The van der Waals surface area contributed by atoms with Crippen LogP contribution in [0.2, 0.25) is 0 Å². The van der Waals surface area contributed by atoms with E-state index in [-0.39, 0.29) is 5.92 Å². The van der Waals surface area contributed by atoms with Crippen LogP contribution in [-0.2, 0) is 4.79 Å². The Morgan fingerprint density at radius 3 is 1.25 bits per heavy atom. The van der Waals surface area contributed by atoms with E-state index in [1.807, 2.05) is 6.92 Å². The molecule has 0 radical (unpaired) electrons. The number of rotatable bonds is 3. The molecule has 3 aliphatic carbocycles. The number of carbonyl (C=O) groups is 1. The van der Waals surface area contributed by atoms with Gasteiger partial charge in [-0.1, -0.05) is 103 Å². The first kappa shape index (κ1) is 21.5. The van der Waals surface area contributed by atoms with Crippen LogP contribution in [0.1, 0.15) is 122 Å². The fraction of sp³-hybridized carbons (Fsp3) is 0.955. The van der Waals surface area contributed by atoms with Gasteiger partial charge in [-0.2, -0.15) is 0 Å². The highest BCUT2D eigenvalue weighted by atomic mass is 16.4. The number of carboxylic acids is 1. The van der Waals surface area contributed by atoms with Crippen LogP contribution in [-0.4, -0.2) is 11.1 Å². The number of aliphatic carboxylic acids is 1. The first-order chi connectivity index (χ1) is 11.8. The molecule has 1 N–H and O–H groups in total. The van der Waals surface area contributed by atoms with Crippen LogP contribution in [0, 0.1) is 11.8 Å². The molecule has 0 amide bonds. The summed E-state index contributed by atoms with van der Waals surface area (Å²) in [5.74, 6) is -0.212. The first-order valence-electron chi connectivity index (χ1n) is 11.0. The zero-order valence-electron chi connectivity index (χ0n) is 16.2. The third-order valence-corrected chi connectivity index (χ3v) is 5.98.